The van der Waals surface area contributed by atoms with E-state index in [-0.39, 0.29) is 12.4 Å². The number of hydrogen-bond donors (Lipinski definition) is 2. The van der Waals surface area contributed by atoms with Crippen LogP contribution in [-0.2, 0) is 4.79 Å². The van der Waals surface area contributed by atoms with Crippen molar-refractivity contribution < 1.29 is 19.0 Å². The maximum atomic E-state index is 13.0. The highest BCUT2D eigenvalue weighted by Gasteiger charge is 2.12. The number of hydrogen-bond acceptors (Lipinski definition) is 3. The van der Waals surface area contributed by atoms with E-state index in [1.54, 1.807) is 0 Å². The SMILES string of the molecule is N[C@@H](COc1ccc(Br)c(F)c1)C(=O)O. The highest BCUT2D eigenvalue weighted by Crippen LogP contribution is 2.20. The van der Waals surface area contributed by atoms with Crippen molar-refractivity contribution >= 4 is 21.9 Å². The van der Waals surface area contributed by atoms with Gasteiger partial charge in [-0.2, -0.15) is 0 Å². The lowest BCUT2D eigenvalue weighted by Gasteiger charge is -2.09. The molecule has 0 saturated carbocycles. The monoisotopic (exact) mass is 277 g/mol. The summed E-state index contributed by atoms with van der Waals surface area (Å²) in [6.45, 7) is -0.198. The molecular formula is C9H9BrFNO3. The maximum Gasteiger partial charge on any atom is 0.324 e. The van der Waals surface area contributed by atoms with Gasteiger partial charge in [0.1, 0.15) is 24.2 Å². The van der Waals surface area contributed by atoms with Crippen LogP contribution < -0.4 is 10.5 Å². The molecule has 6 heteroatoms. The zero-order chi connectivity index (χ0) is 11.4. The second kappa shape index (κ2) is 5.09. The van der Waals surface area contributed by atoms with Crippen LogP contribution in [0.5, 0.6) is 5.75 Å². The minimum atomic E-state index is -1.16. The van der Waals surface area contributed by atoms with Gasteiger partial charge in [-0.25, -0.2) is 4.39 Å². The number of rotatable bonds is 4. The van der Waals surface area contributed by atoms with E-state index in [0.29, 0.717) is 4.47 Å². The molecule has 3 N–H and O–H groups in total. The molecule has 0 aliphatic heterocycles. The van der Waals surface area contributed by atoms with Gasteiger partial charge in [-0.05, 0) is 28.1 Å². The van der Waals surface area contributed by atoms with Crippen LogP contribution in [0, 0.1) is 5.82 Å². The third-order valence-corrected chi connectivity index (χ3v) is 2.28. The van der Waals surface area contributed by atoms with Gasteiger partial charge < -0.3 is 15.6 Å². The van der Waals surface area contributed by atoms with E-state index >= 15 is 0 Å². The molecule has 0 saturated heterocycles. The first-order chi connectivity index (χ1) is 7.00. The first kappa shape index (κ1) is 11.9. The molecular weight excluding hydrogens is 269 g/mol. The van der Waals surface area contributed by atoms with Gasteiger partial charge in [-0.3, -0.25) is 4.79 Å². The number of benzene rings is 1. The first-order valence-electron chi connectivity index (χ1n) is 4.07. The summed E-state index contributed by atoms with van der Waals surface area (Å²) in [6, 6.07) is 3.02. The smallest absolute Gasteiger partial charge is 0.324 e. The Morgan fingerprint density at radius 2 is 2.33 bits per heavy atom. The van der Waals surface area contributed by atoms with Gasteiger partial charge in [-0.1, -0.05) is 0 Å². The largest absolute Gasteiger partial charge is 0.491 e. The van der Waals surface area contributed by atoms with Crippen LogP contribution in [0.15, 0.2) is 22.7 Å². The molecule has 4 nitrogen and oxygen atoms in total. The molecule has 0 amide bonds. The Kier molecular flexibility index (Phi) is 4.05. The Bertz CT molecular complexity index is 372. The van der Waals surface area contributed by atoms with Crippen molar-refractivity contribution in [2.75, 3.05) is 6.61 Å². The second-order valence-corrected chi connectivity index (χ2v) is 3.69. The summed E-state index contributed by atoms with van der Waals surface area (Å²) in [5, 5.41) is 8.47. The molecule has 1 rings (SSSR count). The van der Waals surface area contributed by atoms with E-state index < -0.39 is 17.8 Å². The minimum absolute atomic E-state index is 0.198. The van der Waals surface area contributed by atoms with E-state index in [1.165, 1.54) is 12.1 Å². The van der Waals surface area contributed by atoms with E-state index in [1.807, 2.05) is 0 Å². The van der Waals surface area contributed by atoms with Crippen LogP contribution in [0.25, 0.3) is 0 Å². The number of halogens is 2. The summed E-state index contributed by atoms with van der Waals surface area (Å²) < 4.78 is 18.3. The number of nitrogens with two attached hydrogens (primary N) is 1. The third-order valence-electron chi connectivity index (χ3n) is 1.64. The summed E-state index contributed by atoms with van der Waals surface area (Å²) in [7, 11) is 0. The maximum absolute atomic E-state index is 13.0. The van der Waals surface area contributed by atoms with Crippen LogP contribution in [0.3, 0.4) is 0 Å². The summed E-state index contributed by atoms with van der Waals surface area (Å²) in [5.74, 6) is -1.39. The molecule has 0 aromatic heterocycles. The fourth-order valence-corrected chi connectivity index (χ4v) is 1.07. The van der Waals surface area contributed by atoms with E-state index in [9.17, 15) is 9.18 Å². The van der Waals surface area contributed by atoms with Crippen LogP contribution in [0.2, 0.25) is 0 Å². The van der Waals surface area contributed by atoms with Gasteiger partial charge in [0, 0.05) is 6.07 Å². The number of ether oxygens (including phenoxy) is 1. The Labute approximate surface area is 94.0 Å². The van der Waals surface area contributed by atoms with E-state index in [2.05, 4.69) is 15.9 Å². The standard InChI is InChI=1S/C9H9BrFNO3/c10-6-2-1-5(3-7(6)11)15-4-8(12)9(13)14/h1-3,8H,4,12H2,(H,13,14)/t8-/m0/s1. The van der Waals surface area contributed by atoms with Crippen molar-refractivity contribution in [1.29, 1.82) is 0 Å². The van der Waals surface area contributed by atoms with Gasteiger partial charge in [0.05, 0.1) is 4.47 Å². The summed E-state index contributed by atoms with van der Waals surface area (Å²) in [4.78, 5) is 10.4. The van der Waals surface area contributed by atoms with Crippen molar-refractivity contribution in [2.24, 2.45) is 5.73 Å². The molecule has 0 unspecified atom stereocenters. The normalized spacial score (nSPS) is 12.2. The lowest BCUT2D eigenvalue weighted by molar-refractivity contribution is -0.139. The van der Waals surface area contributed by atoms with Crippen LogP contribution in [0.1, 0.15) is 0 Å². The molecule has 0 aliphatic rings. The molecule has 1 aromatic carbocycles. The molecule has 0 bridgehead atoms. The van der Waals surface area contributed by atoms with Crippen molar-refractivity contribution in [3.05, 3.63) is 28.5 Å². The van der Waals surface area contributed by atoms with Crippen LogP contribution in [-0.4, -0.2) is 23.7 Å². The Morgan fingerprint density at radius 1 is 1.67 bits per heavy atom. The van der Waals surface area contributed by atoms with Crippen molar-refractivity contribution in [1.82, 2.24) is 0 Å². The number of carboxylic acid groups (broad SMARTS) is 1. The van der Waals surface area contributed by atoms with Crippen molar-refractivity contribution in [3.63, 3.8) is 0 Å². The molecule has 1 aromatic rings. The summed E-state index contributed by atoms with van der Waals surface area (Å²) in [6.07, 6.45) is 0. The number of aliphatic carboxylic acids is 1. The Hall–Kier alpha value is -1.14. The van der Waals surface area contributed by atoms with E-state index in [0.717, 1.165) is 6.07 Å². The fraction of sp³-hybridized carbons (Fsp3) is 0.222. The highest BCUT2D eigenvalue weighted by atomic mass is 79.9. The van der Waals surface area contributed by atoms with Crippen molar-refractivity contribution in [2.45, 2.75) is 6.04 Å². The molecule has 1 atom stereocenters. The lowest BCUT2D eigenvalue weighted by Crippen LogP contribution is -2.36. The minimum Gasteiger partial charge on any atom is -0.491 e. The van der Waals surface area contributed by atoms with E-state index in [4.69, 9.17) is 15.6 Å². The summed E-state index contributed by atoms with van der Waals surface area (Å²) >= 11 is 2.98. The molecule has 0 aliphatic carbocycles. The molecule has 15 heavy (non-hydrogen) atoms. The third kappa shape index (κ3) is 3.49. The number of carboxylic acids is 1. The van der Waals surface area contributed by atoms with Gasteiger partial charge in [0.25, 0.3) is 0 Å². The second-order valence-electron chi connectivity index (χ2n) is 2.83. The summed E-state index contributed by atoms with van der Waals surface area (Å²) in [5.41, 5.74) is 5.20. The molecule has 0 spiro atoms. The van der Waals surface area contributed by atoms with Gasteiger partial charge in [0.15, 0.2) is 0 Å². The number of carbonyl (C=O) groups is 1. The van der Waals surface area contributed by atoms with Crippen molar-refractivity contribution in [3.8, 4) is 5.75 Å². The van der Waals surface area contributed by atoms with Gasteiger partial charge >= 0.3 is 5.97 Å². The average Bonchev–Trinajstić information content (AvgIpc) is 2.19. The van der Waals surface area contributed by atoms with Gasteiger partial charge in [0.2, 0.25) is 0 Å². The molecule has 0 fully saturated rings. The predicted molar refractivity (Wildman–Crippen MR) is 55.2 cm³/mol. The zero-order valence-electron chi connectivity index (χ0n) is 7.61. The Morgan fingerprint density at radius 3 is 2.87 bits per heavy atom. The molecule has 0 heterocycles. The lowest BCUT2D eigenvalue weighted by atomic mass is 10.3. The molecule has 82 valence electrons. The topological polar surface area (TPSA) is 72.5 Å². The van der Waals surface area contributed by atoms with Gasteiger partial charge in [-0.15, -0.1) is 0 Å². The van der Waals surface area contributed by atoms with Crippen LogP contribution in [0.4, 0.5) is 4.39 Å². The first-order valence-corrected chi connectivity index (χ1v) is 4.86. The average molecular weight is 278 g/mol. The fourth-order valence-electron chi connectivity index (χ4n) is 0.824. The zero-order valence-corrected chi connectivity index (χ0v) is 9.20. The quantitative estimate of drug-likeness (QED) is 0.872. The van der Waals surface area contributed by atoms with Crippen LogP contribution >= 0.6 is 15.9 Å². The molecule has 0 radical (unpaired) electrons. The highest BCUT2D eigenvalue weighted by molar-refractivity contribution is 9.10. The predicted octanol–water partition coefficient (Wildman–Crippen LogP) is 1.38. The Balaban J connectivity index is 2.58.